The van der Waals surface area contributed by atoms with Crippen LogP contribution in [-0.2, 0) is 10.3 Å². The highest BCUT2D eigenvalue weighted by molar-refractivity contribution is 5.63. The van der Waals surface area contributed by atoms with E-state index in [1.54, 1.807) is 0 Å². The Balaban J connectivity index is 1.67. The minimum absolute atomic E-state index is 0.249. The maximum atomic E-state index is 6.47. The van der Waals surface area contributed by atoms with Crippen LogP contribution in [0.2, 0.25) is 0 Å². The van der Waals surface area contributed by atoms with Crippen molar-refractivity contribution < 1.29 is 4.74 Å². The number of hydrogen-bond acceptors (Lipinski definition) is 1. The Labute approximate surface area is 146 Å². The number of benzene rings is 2. The molecule has 1 aliphatic carbocycles. The van der Waals surface area contributed by atoms with Crippen LogP contribution >= 0.6 is 0 Å². The molecule has 0 aliphatic heterocycles. The normalized spacial score (nSPS) is 21.4. The largest absolute Gasteiger partial charge is 0.368 e. The van der Waals surface area contributed by atoms with Crippen LogP contribution in [0.1, 0.15) is 45.1 Å². The van der Waals surface area contributed by atoms with E-state index < -0.39 is 0 Å². The smallest absolute Gasteiger partial charge is 0.0879 e. The Kier molecular flexibility index (Phi) is 5.20. The van der Waals surface area contributed by atoms with Crippen molar-refractivity contribution in [3.8, 4) is 11.1 Å². The zero-order valence-electron chi connectivity index (χ0n) is 14.9. The molecule has 0 unspecified atom stereocenters. The number of hydrogen-bond donors (Lipinski definition) is 0. The Morgan fingerprint density at radius 2 is 1.46 bits per heavy atom. The summed E-state index contributed by atoms with van der Waals surface area (Å²) in [5.41, 5.74) is 3.50. The van der Waals surface area contributed by atoms with Crippen LogP contribution in [0.15, 0.2) is 67.3 Å². The molecule has 1 aliphatic rings. The van der Waals surface area contributed by atoms with E-state index in [4.69, 9.17) is 4.74 Å². The van der Waals surface area contributed by atoms with Crippen molar-refractivity contribution in [1.29, 1.82) is 0 Å². The third kappa shape index (κ3) is 3.96. The molecule has 0 atom stereocenters. The molecule has 0 N–H and O–H groups in total. The summed E-state index contributed by atoms with van der Waals surface area (Å²) in [6.45, 7) is 8.29. The van der Waals surface area contributed by atoms with Crippen molar-refractivity contribution in [3.05, 3.63) is 72.8 Å². The van der Waals surface area contributed by atoms with Gasteiger partial charge in [0.25, 0.3) is 0 Å². The van der Waals surface area contributed by atoms with E-state index in [1.165, 1.54) is 29.5 Å². The summed E-state index contributed by atoms with van der Waals surface area (Å²) in [6.07, 6.45) is 7.16. The lowest BCUT2D eigenvalue weighted by Crippen LogP contribution is -2.31. The van der Waals surface area contributed by atoms with Crippen molar-refractivity contribution in [3.63, 3.8) is 0 Å². The molecule has 0 bridgehead atoms. The fraction of sp³-hybridized carbons (Fsp3) is 0.391. The van der Waals surface area contributed by atoms with Gasteiger partial charge in [-0.1, -0.05) is 60.7 Å². The minimum Gasteiger partial charge on any atom is -0.368 e. The molecule has 24 heavy (non-hydrogen) atoms. The SMILES string of the molecule is C=CC1CCC(OC(C)(C)c2ccc(-c3ccccc3)cc2)CC1. The van der Waals surface area contributed by atoms with Gasteiger partial charge < -0.3 is 4.74 Å². The van der Waals surface area contributed by atoms with E-state index in [0.29, 0.717) is 12.0 Å². The maximum absolute atomic E-state index is 6.47. The third-order valence-electron chi connectivity index (χ3n) is 5.20. The van der Waals surface area contributed by atoms with Crippen molar-refractivity contribution in [1.82, 2.24) is 0 Å². The fourth-order valence-electron chi connectivity index (χ4n) is 3.62. The molecule has 1 heteroatoms. The maximum Gasteiger partial charge on any atom is 0.0879 e. The van der Waals surface area contributed by atoms with Gasteiger partial charge >= 0.3 is 0 Å². The molecule has 126 valence electrons. The second-order valence-corrected chi connectivity index (χ2v) is 7.34. The van der Waals surface area contributed by atoms with Crippen LogP contribution < -0.4 is 0 Å². The van der Waals surface area contributed by atoms with Crippen LogP contribution in [0.4, 0.5) is 0 Å². The van der Waals surface area contributed by atoms with E-state index in [0.717, 1.165) is 12.8 Å². The summed E-state index contributed by atoms with van der Waals surface area (Å²) in [6, 6.07) is 19.3. The van der Waals surface area contributed by atoms with Gasteiger partial charge in [0.05, 0.1) is 11.7 Å². The second kappa shape index (κ2) is 7.36. The van der Waals surface area contributed by atoms with Gasteiger partial charge in [-0.05, 0) is 62.1 Å². The predicted molar refractivity (Wildman–Crippen MR) is 102 cm³/mol. The molecular weight excluding hydrogens is 292 g/mol. The number of rotatable bonds is 5. The monoisotopic (exact) mass is 320 g/mol. The molecule has 1 fully saturated rings. The Bertz CT molecular complexity index is 646. The summed E-state index contributed by atoms with van der Waals surface area (Å²) in [5, 5.41) is 0. The van der Waals surface area contributed by atoms with Gasteiger partial charge in [0.2, 0.25) is 0 Å². The summed E-state index contributed by atoms with van der Waals surface area (Å²) < 4.78 is 6.47. The number of ether oxygens (including phenoxy) is 1. The summed E-state index contributed by atoms with van der Waals surface area (Å²) in [7, 11) is 0. The molecule has 1 nitrogen and oxygen atoms in total. The van der Waals surface area contributed by atoms with Crippen LogP contribution in [-0.4, -0.2) is 6.10 Å². The zero-order valence-corrected chi connectivity index (χ0v) is 14.9. The van der Waals surface area contributed by atoms with Gasteiger partial charge in [-0.3, -0.25) is 0 Å². The molecule has 0 aromatic heterocycles. The molecule has 3 rings (SSSR count). The van der Waals surface area contributed by atoms with E-state index >= 15 is 0 Å². The summed E-state index contributed by atoms with van der Waals surface area (Å²) >= 11 is 0. The first-order chi connectivity index (χ1) is 11.6. The first kappa shape index (κ1) is 17.0. The van der Waals surface area contributed by atoms with Crippen molar-refractivity contribution in [2.45, 2.75) is 51.2 Å². The van der Waals surface area contributed by atoms with E-state index in [-0.39, 0.29) is 5.60 Å². The van der Waals surface area contributed by atoms with Gasteiger partial charge in [-0.15, -0.1) is 6.58 Å². The van der Waals surface area contributed by atoms with Crippen molar-refractivity contribution in [2.24, 2.45) is 5.92 Å². The first-order valence-corrected chi connectivity index (χ1v) is 9.05. The predicted octanol–water partition coefficient (Wildman–Crippen LogP) is 6.35. The molecule has 2 aromatic rings. The molecule has 2 aromatic carbocycles. The second-order valence-electron chi connectivity index (χ2n) is 7.34. The van der Waals surface area contributed by atoms with Gasteiger partial charge in [0.15, 0.2) is 0 Å². The van der Waals surface area contributed by atoms with Gasteiger partial charge in [-0.25, -0.2) is 0 Å². The highest BCUT2D eigenvalue weighted by atomic mass is 16.5. The van der Waals surface area contributed by atoms with Gasteiger partial charge in [0, 0.05) is 0 Å². The van der Waals surface area contributed by atoms with Crippen LogP contribution in [0.5, 0.6) is 0 Å². The minimum atomic E-state index is -0.249. The average molecular weight is 320 g/mol. The van der Waals surface area contributed by atoms with E-state index in [1.807, 2.05) is 0 Å². The zero-order chi connectivity index (χ0) is 17.0. The highest BCUT2D eigenvalue weighted by Crippen LogP contribution is 2.34. The molecular formula is C23H28O. The van der Waals surface area contributed by atoms with Crippen LogP contribution in [0.3, 0.4) is 0 Å². The quantitative estimate of drug-likeness (QED) is 0.583. The molecule has 1 saturated carbocycles. The molecule has 0 amide bonds. The molecule has 0 radical (unpaired) electrons. The molecule has 0 heterocycles. The molecule has 0 spiro atoms. The Morgan fingerprint density at radius 3 is 2.04 bits per heavy atom. The van der Waals surface area contributed by atoms with Gasteiger partial charge in [-0.2, -0.15) is 0 Å². The first-order valence-electron chi connectivity index (χ1n) is 9.05. The van der Waals surface area contributed by atoms with Crippen molar-refractivity contribution >= 4 is 0 Å². The van der Waals surface area contributed by atoms with Crippen molar-refractivity contribution in [2.75, 3.05) is 0 Å². The van der Waals surface area contributed by atoms with Crippen LogP contribution in [0, 0.1) is 5.92 Å². The lowest BCUT2D eigenvalue weighted by molar-refractivity contribution is -0.0917. The average Bonchev–Trinajstić information content (AvgIpc) is 2.63. The fourth-order valence-corrected chi connectivity index (χ4v) is 3.62. The lowest BCUT2D eigenvalue weighted by Gasteiger charge is -2.35. The van der Waals surface area contributed by atoms with E-state index in [2.05, 4.69) is 81.1 Å². The summed E-state index contributed by atoms with van der Waals surface area (Å²) in [5.74, 6) is 0.679. The third-order valence-corrected chi connectivity index (χ3v) is 5.20. The standard InChI is InChI=1S/C23H28O/c1-4-18-10-16-22(17-11-18)24-23(2,3)21-14-12-20(13-15-21)19-8-6-5-7-9-19/h4-9,12-15,18,22H,1,10-11,16-17H2,2-3H3. The molecule has 0 saturated heterocycles. The lowest BCUT2D eigenvalue weighted by atomic mass is 9.86. The van der Waals surface area contributed by atoms with Gasteiger partial charge in [0.1, 0.15) is 0 Å². The topological polar surface area (TPSA) is 9.23 Å². The van der Waals surface area contributed by atoms with Crippen LogP contribution in [0.25, 0.3) is 11.1 Å². The Morgan fingerprint density at radius 1 is 0.875 bits per heavy atom. The number of allylic oxidation sites excluding steroid dienone is 1. The summed E-state index contributed by atoms with van der Waals surface area (Å²) in [4.78, 5) is 0. The highest BCUT2D eigenvalue weighted by Gasteiger charge is 2.28. The van der Waals surface area contributed by atoms with E-state index in [9.17, 15) is 0 Å². The Hall–Kier alpha value is -1.86.